The van der Waals surface area contributed by atoms with E-state index in [0.717, 1.165) is 13.1 Å². The van der Waals surface area contributed by atoms with Gasteiger partial charge in [-0.05, 0) is 12.5 Å². The molecule has 0 saturated carbocycles. The highest BCUT2D eigenvalue weighted by molar-refractivity contribution is 7.99. The van der Waals surface area contributed by atoms with Gasteiger partial charge in [0.05, 0.1) is 6.61 Å². The molecule has 2 nitrogen and oxygen atoms in total. The SMILES string of the molecule is CC1CSCCN1CC(C)(CO)c1ccccc1. The first-order valence-corrected chi connectivity index (χ1v) is 7.79. The number of thioether (sulfide) groups is 1. The summed E-state index contributed by atoms with van der Waals surface area (Å²) in [6.45, 7) is 6.72. The predicted octanol–water partition coefficient (Wildman–Crippen LogP) is 2.37. The molecule has 0 radical (unpaired) electrons. The van der Waals surface area contributed by atoms with Crippen molar-refractivity contribution in [1.29, 1.82) is 0 Å². The van der Waals surface area contributed by atoms with Crippen LogP contribution in [-0.4, -0.2) is 47.3 Å². The largest absolute Gasteiger partial charge is 0.395 e. The van der Waals surface area contributed by atoms with Crippen LogP contribution in [0.4, 0.5) is 0 Å². The summed E-state index contributed by atoms with van der Waals surface area (Å²) in [5.41, 5.74) is 1.08. The molecular formula is C15H23NOS. The number of rotatable bonds is 4. The molecule has 1 aromatic carbocycles. The number of hydrogen-bond donors (Lipinski definition) is 1. The van der Waals surface area contributed by atoms with Gasteiger partial charge in [0, 0.05) is 36.1 Å². The molecule has 2 unspecified atom stereocenters. The third-order valence-electron chi connectivity index (χ3n) is 3.88. The Morgan fingerprint density at radius 1 is 1.39 bits per heavy atom. The molecule has 0 bridgehead atoms. The van der Waals surface area contributed by atoms with Crippen LogP contribution < -0.4 is 0 Å². The first-order chi connectivity index (χ1) is 8.65. The van der Waals surface area contributed by atoms with Crippen molar-refractivity contribution in [2.24, 2.45) is 0 Å². The fourth-order valence-electron chi connectivity index (χ4n) is 2.52. The Kier molecular flexibility index (Phi) is 4.71. The van der Waals surface area contributed by atoms with E-state index >= 15 is 0 Å². The number of aliphatic hydroxyl groups excluding tert-OH is 1. The zero-order valence-electron chi connectivity index (χ0n) is 11.3. The second-order valence-corrected chi connectivity index (χ2v) is 6.63. The summed E-state index contributed by atoms with van der Waals surface area (Å²) in [6, 6.07) is 11.0. The Morgan fingerprint density at radius 3 is 2.72 bits per heavy atom. The van der Waals surface area contributed by atoms with E-state index in [1.165, 1.54) is 17.1 Å². The maximum absolute atomic E-state index is 9.82. The van der Waals surface area contributed by atoms with Crippen molar-refractivity contribution in [3.63, 3.8) is 0 Å². The van der Waals surface area contributed by atoms with Gasteiger partial charge in [-0.1, -0.05) is 37.3 Å². The van der Waals surface area contributed by atoms with E-state index in [2.05, 4.69) is 43.0 Å². The van der Waals surface area contributed by atoms with Gasteiger partial charge in [0.25, 0.3) is 0 Å². The molecule has 1 aliphatic heterocycles. The van der Waals surface area contributed by atoms with Gasteiger partial charge in [0.1, 0.15) is 0 Å². The van der Waals surface area contributed by atoms with Crippen molar-refractivity contribution in [3.05, 3.63) is 35.9 Å². The summed E-state index contributed by atoms with van der Waals surface area (Å²) in [6.07, 6.45) is 0. The molecule has 0 spiro atoms. The molecule has 1 aliphatic rings. The average molecular weight is 265 g/mol. The van der Waals surface area contributed by atoms with Gasteiger partial charge < -0.3 is 5.11 Å². The van der Waals surface area contributed by atoms with Crippen LogP contribution in [0.1, 0.15) is 19.4 Å². The van der Waals surface area contributed by atoms with Crippen LogP contribution in [0.5, 0.6) is 0 Å². The molecule has 1 saturated heterocycles. The first kappa shape index (κ1) is 13.9. The van der Waals surface area contributed by atoms with Gasteiger partial charge in [-0.2, -0.15) is 11.8 Å². The Balaban J connectivity index is 2.12. The Bertz CT molecular complexity index is 370. The molecule has 0 aromatic heterocycles. The van der Waals surface area contributed by atoms with Crippen LogP contribution in [-0.2, 0) is 5.41 Å². The zero-order valence-corrected chi connectivity index (χ0v) is 12.1. The minimum Gasteiger partial charge on any atom is -0.395 e. The molecule has 1 aromatic rings. The van der Waals surface area contributed by atoms with Gasteiger partial charge in [-0.25, -0.2) is 0 Å². The van der Waals surface area contributed by atoms with Crippen LogP contribution in [0.3, 0.4) is 0 Å². The minimum atomic E-state index is -0.155. The average Bonchev–Trinajstić information content (AvgIpc) is 2.42. The van der Waals surface area contributed by atoms with Crippen LogP contribution in [0.2, 0.25) is 0 Å². The molecule has 3 heteroatoms. The van der Waals surface area contributed by atoms with Gasteiger partial charge >= 0.3 is 0 Å². The summed E-state index contributed by atoms with van der Waals surface area (Å²) in [5.74, 6) is 2.41. The smallest absolute Gasteiger partial charge is 0.0537 e. The highest BCUT2D eigenvalue weighted by Crippen LogP contribution is 2.27. The van der Waals surface area contributed by atoms with E-state index < -0.39 is 0 Å². The van der Waals surface area contributed by atoms with E-state index in [-0.39, 0.29) is 12.0 Å². The van der Waals surface area contributed by atoms with Crippen molar-refractivity contribution in [3.8, 4) is 0 Å². The molecule has 1 heterocycles. The lowest BCUT2D eigenvalue weighted by molar-refractivity contribution is 0.128. The van der Waals surface area contributed by atoms with Crippen LogP contribution in [0.25, 0.3) is 0 Å². The number of hydrogen-bond acceptors (Lipinski definition) is 3. The van der Waals surface area contributed by atoms with E-state index in [4.69, 9.17) is 0 Å². The lowest BCUT2D eigenvalue weighted by atomic mass is 9.82. The number of nitrogens with zero attached hydrogens (tertiary/aromatic N) is 1. The van der Waals surface area contributed by atoms with E-state index in [1.807, 2.05) is 17.8 Å². The summed E-state index contributed by atoms with van der Waals surface area (Å²) in [4.78, 5) is 2.51. The molecule has 100 valence electrons. The summed E-state index contributed by atoms with van der Waals surface area (Å²) in [5, 5.41) is 9.82. The van der Waals surface area contributed by atoms with Gasteiger partial charge in [0.2, 0.25) is 0 Å². The van der Waals surface area contributed by atoms with E-state index in [1.54, 1.807) is 0 Å². The quantitative estimate of drug-likeness (QED) is 0.904. The standard InChI is InChI=1S/C15H23NOS/c1-13-10-18-9-8-16(13)11-15(2,12-17)14-6-4-3-5-7-14/h3-7,13,17H,8-12H2,1-2H3. The Morgan fingerprint density at radius 2 is 2.11 bits per heavy atom. The molecule has 0 amide bonds. The van der Waals surface area contributed by atoms with Crippen LogP contribution in [0, 0.1) is 0 Å². The first-order valence-electron chi connectivity index (χ1n) is 6.64. The summed E-state index contributed by atoms with van der Waals surface area (Å²) in [7, 11) is 0. The lowest BCUT2D eigenvalue weighted by Crippen LogP contribution is -2.48. The Hall–Kier alpha value is -0.510. The van der Waals surface area contributed by atoms with Crippen molar-refractivity contribution in [2.75, 3.05) is 31.2 Å². The van der Waals surface area contributed by atoms with E-state index in [0.29, 0.717) is 6.04 Å². The van der Waals surface area contributed by atoms with Crippen molar-refractivity contribution in [2.45, 2.75) is 25.3 Å². The fourth-order valence-corrected chi connectivity index (χ4v) is 3.60. The number of aliphatic hydroxyl groups is 1. The second-order valence-electron chi connectivity index (χ2n) is 5.48. The predicted molar refractivity (Wildman–Crippen MR) is 79.2 cm³/mol. The normalized spacial score (nSPS) is 24.7. The molecular weight excluding hydrogens is 242 g/mol. The van der Waals surface area contributed by atoms with Crippen molar-refractivity contribution < 1.29 is 5.11 Å². The highest BCUT2D eigenvalue weighted by Gasteiger charge is 2.31. The van der Waals surface area contributed by atoms with Gasteiger partial charge in [-0.15, -0.1) is 0 Å². The third kappa shape index (κ3) is 3.08. The summed E-state index contributed by atoms with van der Waals surface area (Å²) >= 11 is 2.03. The maximum atomic E-state index is 9.82. The summed E-state index contributed by atoms with van der Waals surface area (Å²) < 4.78 is 0. The minimum absolute atomic E-state index is 0.155. The van der Waals surface area contributed by atoms with Crippen LogP contribution in [0.15, 0.2) is 30.3 Å². The van der Waals surface area contributed by atoms with Gasteiger partial charge in [-0.3, -0.25) is 4.90 Å². The topological polar surface area (TPSA) is 23.5 Å². The van der Waals surface area contributed by atoms with E-state index in [9.17, 15) is 5.11 Å². The Labute approximate surface area is 114 Å². The molecule has 1 fully saturated rings. The third-order valence-corrected chi connectivity index (χ3v) is 5.07. The fraction of sp³-hybridized carbons (Fsp3) is 0.600. The second kappa shape index (κ2) is 6.09. The molecule has 18 heavy (non-hydrogen) atoms. The van der Waals surface area contributed by atoms with Crippen molar-refractivity contribution in [1.82, 2.24) is 4.90 Å². The molecule has 0 aliphatic carbocycles. The monoisotopic (exact) mass is 265 g/mol. The molecule has 2 rings (SSSR count). The number of benzene rings is 1. The maximum Gasteiger partial charge on any atom is 0.0537 e. The van der Waals surface area contributed by atoms with Crippen LogP contribution >= 0.6 is 11.8 Å². The highest BCUT2D eigenvalue weighted by atomic mass is 32.2. The lowest BCUT2D eigenvalue weighted by Gasteiger charge is -2.40. The molecule has 2 atom stereocenters. The van der Waals surface area contributed by atoms with Gasteiger partial charge in [0.15, 0.2) is 0 Å². The van der Waals surface area contributed by atoms with Crippen molar-refractivity contribution >= 4 is 11.8 Å². The zero-order chi connectivity index (χ0) is 13.0. The molecule has 1 N–H and O–H groups in total.